The van der Waals surface area contributed by atoms with Crippen molar-refractivity contribution in [1.82, 2.24) is 4.90 Å². The molecule has 0 aromatic carbocycles. The molecule has 1 rings (SSSR count). The first kappa shape index (κ1) is 12.4. The zero-order valence-corrected chi connectivity index (χ0v) is 10.2. The number of hydrogen-bond donors (Lipinski definition) is 0. The SMILES string of the molecule is CCC1CN(C(=O)C(C#N)CC)CCS1. The van der Waals surface area contributed by atoms with E-state index in [0.29, 0.717) is 11.7 Å². The van der Waals surface area contributed by atoms with E-state index in [1.54, 1.807) is 0 Å². The molecule has 3 nitrogen and oxygen atoms in total. The Morgan fingerprint density at radius 1 is 1.67 bits per heavy atom. The van der Waals surface area contributed by atoms with Gasteiger partial charge < -0.3 is 4.90 Å². The molecule has 0 bridgehead atoms. The fraction of sp³-hybridized carbons (Fsp3) is 0.818. The van der Waals surface area contributed by atoms with Crippen LogP contribution >= 0.6 is 11.8 Å². The third kappa shape index (κ3) is 3.13. The highest BCUT2D eigenvalue weighted by molar-refractivity contribution is 8.00. The van der Waals surface area contributed by atoms with E-state index < -0.39 is 5.92 Å². The standard InChI is InChI=1S/C11H18N2OS/c1-3-9(7-12)11(14)13-5-6-15-10(4-2)8-13/h9-10H,3-6,8H2,1-2H3. The molecule has 1 aliphatic rings. The summed E-state index contributed by atoms with van der Waals surface area (Å²) in [6.45, 7) is 5.66. The van der Waals surface area contributed by atoms with Gasteiger partial charge in [0.05, 0.1) is 6.07 Å². The Balaban J connectivity index is 2.56. The van der Waals surface area contributed by atoms with Gasteiger partial charge in [0.1, 0.15) is 5.92 Å². The van der Waals surface area contributed by atoms with E-state index in [1.807, 2.05) is 23.6 Å². The van der Waals surface area contributed by atoms with Crippen LogP contribution in [0.25, 0.3) is 0 Å². The molecule has 1 saturated heterocycles. The third-order valence-corrected chi connectivity index (χ3v) is 4.14. The number of carbonyl (C=O) groups excluding carboxylic acids is 1. The monoisotopic (exact) mass is 226 g/mol. The van der Waals surface area contributed by atoms with Crippen molar-refractivity contribution in [3.63, 3.8) is 0 Å². The lowest BCUT2D eigenvalue weighted by Gasteiger charge is -2.32. The van der Waals surface area contributed by atoms with Crippen LogP contribution in [0.2, 0.25) is 0 Å². The normalized spacial score (nSPS) is 23.3. The van der Waals surface area contributed by atoms with E-state index in [9.17, 15) is 4.79 Å². The first-order chi connectivity index (χ1) is 7.22. The summed E-state index contributed by atoms with van der Waals surface area (Å²) in [6.07, 6.45) is 1.72. The van der Waals surface area contributed by atoms with E-state index >= 15 is 0 Å². The molecule has 0 aliphatic carbocycles. The van der Waals surface area contributed by atoms with Gasteiger partial charge in [-0.1, -0.05) is 13.8 Å². The van der Waals surface area contributed by atoms with Gasteiger partial charge in [-0.25, -0.2) is 0 Å². The van der Waals surface area contributed by atoms with Crippen LogP contribution in [-0.4, -0.2) is 34.9 Å². The fourth-order valence-corrected chi connectivity index (χ4v) is 2.89. The highest BCUT2D eigenvalue weighted by Crippen LogP contribution is 2.22. The molecular formula is C11H18N2OS. The Morgan fingerprint density at radius 3 is 2.93 bits per heavy atom. The summed E-state index contributed by atoms with van der Waals surface area (Å²) in [5.74, 6) is 0.593. The molecule has 0 spiro atoms. The Labute approximate surface area is 95.8 Å². The van der Waals surface area contributed by atoms with Gasteiger partial charge in [-0.15, -0.1) is 0 Å². The van der Waals surface area contributed by atoms with Crippen LogP contribution in [0.5, 0.6) is 0 Å². The van der Waals surface area contributed by atoms with Crippen LogP contribution in [-0.2, 0) is 4.79 Å². The Bertz CT molecular complexity index is 262. The molecular weight excluding hydrogens is 208 g/mol. The summed E-state index contributed by atoms with van der Waals surface area (Å²) >= 11 is 1.93. The average Bonchev–Trinajstić information content (AvgIpc) is 2.30. The van der Waals surface area contributed by atoms with E-state index in [-0.39, 0.29) is 5.91 Å². The van der Waals surface area contributed by atoms with Crippen molar-refractivity contribution < 1.29 is 4.79 Å². The number of hydrogen-bond acceptors (Lipinski definition) is 3. The molecule has 2 atom stereocenters. The van der Waals surface area contributed by atoms with Crippen LogP contribution in [0.15, 0.2) is 0 Å². The zero-order chi connectivity index (χ0) is 11.3. The van der Waals surface area contributed by atoms with Gasteiger partial charge in [0.25, 0.3) is 0 Å². The van der Waals surface area contributed by atoms with Gasteiger partial charge in [0.2, 0.25) is 5.91 Å². The van der Waals surface area contributed by atoms with Crippen molar-refractivity contribution in [3.05, 3.63) is 0 Å². The summed E-state index contributed by atoms with van der Waals surface area (Å²) in [5.41, 5.74) is 0. The van der Waals surface area contributed by atoms with Crippen molar-refractivity contribution in [2.75, 3.05) is 18.8 Å². The second kappa shape index (κ2) is 6.02. The van der Waals surface area contributed by atoms with Crippen LogP contribution in [0.4, 0.5) is 0 Å². The van der Waals surface area contributed by atoms with Gasteiger partial charge in [0.15, 0.2) is 0 Å². The minimum atomic E-state index is -0.439. The minimum absolute atomic E-state index is 0.0266. The first-order valence-electron chi connectivity index (χ1n) is 5.52. The molecule has 2 unspecified atom stereocenters. The molecule has 15 heavy (non-hydrogen) atoms. The second-order valence-electron chi connectivity index (χ2n) is 3.78. The first-order valence-corrected chi connectivity index (χ1v) is 6.57. The molecule has 1 fully saturated rings. The topological polar surface area (TPSA) is 44.1 Å². The molecule has 0 aromatic rings. The van der Waals surface area contributed by atoms with Crippen molar-refractivity contribution in [2.24, 2.45) is 5.92 Å². The number of thioether (sulfide) groups is 1. The molecule has 0 saturated carbocycles. The largest absolute Gasteiger partial charge is 0.340 e. The highest BCUT2D eigenvalue weighted by atomic mass is 32.2. The number of nitriles is 1. The van der Waals surface area contributed by atoms with E-state index in [1.165, 1.54) is 0 Å². The number of carbonyl (C=O) groups is 1. The average molecular weight is 226 g/mol. The maximum Gasteiger partial charge on any atom is 0.239 e. The van der Waals surface area contributed by atoms with Gasteiger partial charge in [0, 0.05) is 24.1 Å². The molecule has 1 aliphatic heterocycles. The van der Waals surface area contributed by atoms with Crippen molar-refractivity contribution in [2.45, 2.75) is 31.9 Å². The summed E-state index contributed by atoms with van der Waals surface area (Å²) < 4.78 is 0. The maximum absolute atomic E-state index is 11.9. The molecule has 4 heteroatoms. The Hall–Kier alpha value is -0.690. The third-order valence-electron chi connectivity index (χ3n) is 2.77. The van der Waals surface area contributed by atoms with Crippen LogP contribution in [0.1, 0.15) is 26.7 Å². The zero-order valence-electron chi connectivity index (χ0n) is 9.40. The molecule has 0 aromatic heterocycles. The van der Waals surface area contributed by atoms with E-state index in [0.717, 1.165) is 25.3 Å². The summed E-state index contributed by atoms with van der Waals surface area (Å²) in [5, 5.41) is 9.40. The van der Waals surface area contributed by atoms with Crippen molar-refractivity contribution in [1.29, 1.82) is 5.26 Å². The Kier molecular flexibility index (Phi) is 4.97. The lowest BCUT2D eigenvalue weighted by Crippen LogP contribution is -2.44. The van der Waals surface area contributed by atoms with Gasteiger partial charge >= 0.3 is 0 Å². The summed E-state index contributed by atoms with van der Waals surface area (Å²) in [7, 11) is 0. The lowest BCUT2D eigenvalue weighted by molar-refractivity contribution is -0.133. The number of rotatable bonds is 3. The Morgan fingerprint density at radius 2 is 2.40 bits per heavy atom. The molecule has 1 amide bonds. The summed E-state index contributed by atoms with van der Waals surface area (Å²) in [4.78, 5) is 13.8. The highest BCUT2D eigenvalue weighted by Gasteiger charge is 2.27. The summed E-state index contributed by atoms with van der Waals surface area (Å²) in [6, 6.07) is 2.08. The van der Waals surface area contributed by atoms with Gasteiger partial charge in [-0.05, 0) is 12.8 Å². The smallest absolute Gasteiger partial charge is 0.239 e. The number of amides is 1. The van der Waals surface area contributed by atoms with Crippen LogP contribution in [0, 0.1) is 17.2 Å². The van der Waals surface area contributed by atoms with Crippen molar-refractivity contribution >= 4 is 17.7 Å². The van der Waals surface area contributed by atoms with Gasteiger partial charge in [-0.2, -0.15) is 17.0 Å². The van der Waals surface area contributed by atoms with E-state index in [2.05, 4.69) is 13.0 Å². The maximum atomic E-state index is 11.9. The second-order valence-corrected chi connectivity index (χ2v) is 5.18. The molecule has 0 radical (unpaired) electrons. The molecule has 84 valence electrons. The minimum Gasteiger partial charge on any atom is -0.340 e. The predicted octanol–water partition coefficient (Wildman–Crippen LogP) is 1.89. The van der Waals surface area contributed by atoms with E-state index in [4.69, 9.17) is 5.26 Å². The quantitative estimate of drug-likeness (QED) is 0.738. The van der Waals surface area contributed by atoms with Crippen LogP contribution in [0.3, 0.4) is 0 Å². The molecule has 0 N–H and O–H groups in total. The van der Waals surface area contributed by atoms with Crippen molar-refractivity contribution in [3.8, 4) is 6.07 Å². The number of nitrogens with zero attached hydrogens (tertiary/aromatic N) is 2. The fourth-order valence-electron chi connectivity index (χ4n) is 1.71. The lowest BCUT2D eigenvalue weighted by atomic mass is 10.1. The van der Waals surface area contributed by atoms with Gasteiger partial charge in [-0.3, -0.25) is 4.79 Å². The predicted molar refractivity (Wildman–Crippen MR) is 62.5 cm³/mol. The molecule has 1 heterocycles. The van der Waals surface area contributed by atoms with Crippen LogP contribution < -0.4 is 0 Å².